The van der Waals surface area contributed by atoms with Crippen LogP contribution in [0.1, 0.15) is 19.3 Å². The zero-order chi connectivity index (χ0) is 14.5. The largest absolute Gasteiger partial charge is 0.382 e. The Kier molecular flexibility index (Phi) is 4.73. The van der Waals surface area contributed by atoms with Crippen molar-refractivity contribution in [2.24, 2.45) is 0 Å². The second-order valence-electron chi connectivity index (χ2n) is 5.98. The van der Waals surface area contributed by atoms with Crippen molar-refractivity contribution >= 4 is 28.7 Å². The molecule has 3 heteroatoms. The van der Waals surface area contributed by atoms with Gasteiger partial charge in [-0.25, -0.2) is 0 Å². The zero-order valence-electron chi connectivity index (χ0n) is 12.8. The van der Waals surface area contributed by atoms with E-state index in [1.54, 1.807) is 10.4 Å². The average molecular weight is 313 g/mol. The molecule has 2 aromatic carbocycles. The van der Waals surface area contributed by atoms with Gasteiger partial charge < -0.3 is 4.74 Å². The summed E-state index contributed by atoms with van der Waals surface area (Å²) >= 11 is 0. The van der Waals surface area contributed by atoms with Crippen LogP contribution in [0, 0.1) is 0 Å². The lowest BCUT2D eigenvalue weighted by Crippen LogP contribution is -2.65. The van der Waals surface area contributed by atoms with Crippen molar-refractivity contribution in [3.63, 3.8) is 0 Å². The molecule has 1 nitrogen and oxygen atoms in total. The molecule has 0 saturated carbocycles. The summed E-state index contributed by atoms with van der Waals surface area (Å²) in [7, 11) is -1.56. The van der Waals surface area contributed by atoms with Gasteiger partial charge in [0.2, 0.25) is 0 Å². The van der Waals surface area contributed by atoms with Crippen LogP contribution in [-0.4, -0.2) is 29.8 Å². The van der Waals surface area contributed by atoms with E-state index in [9.17, 15) is 0 Å². The third-order valence-corrected chi connectivity index (χ3v) is 12.6. The fourth-order valence-electron chi connectivity index (χ4n) is 3.68. The minimum absolute atomic E-state index is 0.223. The van der Waals surface area contributed by atoms with Crippen LogP contribution in [0.15, 0.2) is 60.7 Å². The molecule has 1 fully saturated rings. The summed E-state index contributed by atoms with van der Waals surface area (Å²) in [5, 5.41) is 3.08. The van der Waals surface area contributed by atoms with Gasteiger partial charge in [-0.05, 0) is 19.3 Å². The maximum Gasteiger partial charge on any atom is 0.133 e. The van der Waals surface area contributed by atoms with E-state index in [0.717, 1.165) is 6.61 Å². The summed E-state index contributed by atoms with van der Waals surface area (Å²) in [5.74, 6) is 0. The Labute approximate surface area is 131 Å². The first kappa shape index (κ1) is 14.8. The Balaban J connectivity index is 2.07. The number of benzene rings is 2. The Morgan fingerprint density at radius 2 is 1.48 bits per heavy atom. The highest BCUT2D eigenvalue weighted by Crippen LogP contribution is 2.27. The van der Waals surface area contributed by atoms with Gasteiger partial charge in [0, 0.05) is 6.61 Å². The van der Waals surface area contributed by atoms with Crippen molar-refractivity contribution in [3.05, 3.63) is 60.7 Å². The summed E-state index contributed by atoms with van der Waals surface area (Å²) in [5.41, 5.74) is 0. The van der Waals surface area contributed by atoms with Crippen LogP contribution in [0.25, 0.3) is 0 Å². The quantitative estimate of drug-likeness (QED) is 0.781. The van der Waals surface area contributed by atoms with E-state index in [-0.39, 0.29) is 14.4 Å². The highest BCUT2D eigenvalue weighted by Gasteiger charge is 2.42. The van der Waals surface area contributed by atoms with Gasteiger partial charge in [0.1, 0.15) is 8.80 Å². The Morgan fingerprint density at radius 3 is 1.90 bits per heavy atom. The van der Waals surface area contributed by atoms with Crippen LogP contribution >= 0.6 is 0 Å². The molecular weight excluding hydrogens is 288 g/mol. The fourth-order valence-corrected chi connectivity index (χ4v) is 11.3. The van der Waals surface area contributed by atoms with Crippen LogP contribution in [-0.2, 0) is 4.74 Å². The van der Waals surface area contributed by atoms with Crippen LogP contribution in [0.5, 0.6) is 0 Å². The van der Waals surface area contributed by atoms with Crippen molar-refractivity contribution in [3.8, 4) is 0 Å². The number of rotatable bonds is 4. The predicted octanol–water partition coefficient (Wildman–Crippen LogP) is 1.68. The monoisotopic (exact) mass is 312 g/mol. The van der Waals surface area contributed by atoms with Crippen LogP contribution in [0.3, 0.4) is 0 Å². The molecule has 0 spiro atoms. The second-order valence-corrected chi connectivity index (χ2v) is 12.0. The minimum atomic E-state index is -1.33. The molecule has 0 amide bonds. The van der Waals surface area contributed by atoms with Gasteiger partial charge in [0.15, 0.2) is 0 Å². The van der Waals surface area contributed by atoms with E-state index < -0.39 is 8.80 Å². The van der Waals surface area contributed by atoms with Crippen LogP contribution in [0.2, 0.25) is 6.55 Å². The van der Waals surface area contributed by atoms with Crippen molar-refractivity contribution in [1.29, 1.82) is 0 Å². The van der Waals surface area contributed by atoms with E-state index in [0.29, 0.717) is 0 Å². The maximum atomic E-state index is 6.51. The van der Waals surface area contributed by atoms with Crippen molar-refractivity contribution in [1.82, 2.24) is 0 Å². The van der Waals surface area contributed by atoms with Crippen molar-refractivity contribution in [2.75, 3.05) is 6.61 Å². The summed E-state index contributed by atoms with van der Waals surface area (Å²) in [6, 6.07) is 22.3. The van der Waals surface area contributed by atoms with E-state index in [1.165, 1.54) is 19.3 Å². The molecule has 0 aromatic heterocycles. The summed E-state index contributed by atoms with van der Waals surface area (Å²) < 4.78 is 6.51. The van der Waals surface area contributed by atoms with Crippen LogP contribution in [0.4, 0.5) is 0 Å². The topological polar surface area (TPSA) is 9.23 Å². The van der Waals surface area contributed by atoms with Gasteiger partial charge in [-0.1, -0.05) is 77.6 Å². The SMILES string of the molecule is C[SiH2]C1([SiH](c2ccccc2)c2ccccc2)CCCCO1. The summed E-state index contributed by atoms with van der Waals surface area (Å²) in [6.45, 7) is 3.40. The molecule has 0 aliphatic carbocycles. The Bertz CT molecular complexity index is 510. The molecule has 1 aliphatic rings. The molecule has 0 bridgehead atoms. The van der Waals surface area contributed by atoms with E-state index in [4.69, 9.17) is 4.74 Å². The molecule has 0 radical (unpaired) electrons. The molecule has 1 atom stereocenters. The molecule has 3 rings (SSSR count). The second kappa shape index (κ2) is 6.73. The first-order valence-corrected chi connectivity index (χ1v) is 11.9. The van der Waals surface area contributed by atoms with E-state index in [2.05, 4.69) is 67.2 Å². The van der Waals surface area contributed by atoms with Gasteiger partial charge in [0.05, 0.1) is 14.4 Å². The summed E-state index contributed by atoms with van der Waals surface area (Å²) in [6.07, 6.45) is 3.85. The highest BCUT2D eigenvalue weighted by atomic mass is 28.3. The average Bonchev–Trinajstić information content (AvgIpc) is 2.58. The molecule has 110 valence electrons. The van der Waals surface area contributed by atoms with Gasteiger partial charge in [-0.2, -0.15) is 0 Å². The molecular formula is C18H24OSi2. The highest BCUT2D eigenvalue weighted by molar-refractivity contribution is 6.93. The van der Waals surface area contributed by atoms with E-state index in [1.807, 2.05) is 0 Å². The number of hydrogen-bond donors (Lipinski definition) is 0. The molecule has 2 aromatic rings. The van der Waals surface area contributed by atoms with E-state index >= 15 is 0 Å². The molecule has 1 heterocycles. The minimum Gasteiger partial charge on any atom is -0.382 e. The molecule has 21 heavy (non-hydrogen) atoms. The van der Waals surface area contributed by atoms with Gasteiger partial charge in [-0.3, -0.25) is 0 Å². The number of hydrogen-bond acceptors (Lipinski definition) is 1. The van der Waals surface area contributed by atoms with Gasteiger partial charge >= 0.3 is 0 Å². The molecule has 1 unspecified atom stereocenters. The Morgan fingerprint density at radius 1 is 0.905 bits per heavy atom. The predicted molar refractivity (Wildman–Crippen MR) is 96.2 cm³/mol. The molecule has 0 N–H and O–H groups in total. The lowest BCUT2D eigenvalue weighted by atomic mass is 10.2. The number of ether oxygens (including phenoxy) is 1. The lowest BCUT2D eigenvalue weighted by Gasteiger charge is -2.43. The smallest absolute Gasteiger partial charge is 0.133 e. The lowest BCUT2D eigenvalue weighted by molar-refractivity contribution is 0.0327. The van der Waals surface area contributed by atoms with Gasteiger partial charge in [0.25, 0.3) is 0 Å². The maximum absolute atomic E-state index is 6.51. The first-order valence-electron chi connectivity index (χ1n) is 8.09. The third kappa shape index (κ3) is 3.05. The first-order chi connectivity index (χ1) is 10.4. The normalized spacial score (nSPS) is 23.0. The van der Waals surface area contributed by atoms with Gasteiger partial charge in [-0.15, -0.1) is 0 Å². The molecule has 1 saturated heterocycles. The molecule has 1 aliphatic heterocycles. The Hall–Kier alpha value is -1.17. The van der Waals surface area contributed by atoms with Crippen LogP contribution < -0.4 is 10.4 Å². The summed E-state index contributed by atoms with van der Waals surface area (Å²) in [4.78, 5) is 0.223. The fraction of sp³-hybridized carbons (Fsp3) is 0.333. The standard InChI is InChI=1S/C18H24OSi2/c1-20-18(14-8-9-15-19-18)21(16-10-4-2-5-11-16)17-12-6-3-7-13-17/h2-7,10-13,21H,8-9,14-15,20H2,1H3. The van der Waals surface area contributed by atoms with Crippen molar-refractivity contribution < 1.29 is 4.74 Å². The van der Waals surface area contributed by atoms with Crippen molar-refractivity contribution in [2.45, 2.75) is 30.7 Å². The zero-order valence-corrected chi connectivity index (χ0v) is 15.4. The third-order valence-electron chi connectivity index (χ3n) is 4.77.